The second-order valence-corrected chi connectivity index (χ2v) is 5.99. The van der Waals surface area contributed by atoms with Gasteiger partial charge in [-0.3, -0.25) is 9.59 Å². The van der Waals surface area contributed by atoms with Crippen molar-refractivity contribution < 1.29 is 14.7 Å². The number of amides is 1. The number of hydrogen-bond acceptors (Lipinski definition) is 4. The van der Waals surface area contributed by atoms with Crippen molar-refractivity contribution in [2.45, 2.75) is 27.2 Å². The average Bonchev–Trinajstić information content (AvgIpc) is 2.33. The first-order chi connectivity index (χ1) is 9.19. The van der Waals surface area contributed by atoms with Gasteiger partial charge in [0.2, 0.25) is 0 Å². The van der Waals surface area contributed by atoms with Gasteiger partial charge in [0.15, 0.2) is 0 Å². The van der Waals surface area contributed by atoms with Gasteiger partial charge in [0.1, 0.15) is 5.69 Å². The predicted molar refractivity (Wildman–Crippen MR) is 76.2 cm³/mol. The lowest BCUT2D eigenvalue weighted by Crippen LogP contribution is -2.35. The van der Waals surface area contributed by atoms with Crippen LogP contribution in [0, 0.1) is 11.3 Å². The Morgan fingerprint density at radius 3 is 2.50 bits per heavy atom. The Kier molecular flexibility index (Phi) is 5.07. The number of carbonyl (C=O) groups excluding carboxylic acids is 1. The molecule has 0 saturated heterocycles. The van der Waals surface area contributed by atoms with E-state index in [4.69, 9.17) is 5.73 Å². The molecule has 0 aromatic carbocycles. The Labute approximate surface area is 118 Å². The van der Waals surface area contributed by atoms with Crippen LogP contribution in [0.4, 0.5) is 5.69 Å². The number of nitrogen functional groups attached to an aromatic ring is 1. The van der Waals surface area contributed by atoms with Crippen molar-refractivity contribution >= 4 is 17.6 Å². The standard InChI is InChI=1S/C14H21N3O3/c1-14(2,3)6-9(13(19)20)7-17-12(18)11-5-4-10(15)8-16-11/h4-5,8-9H,6-7,15H2,1-3H3,(H,17,18)(H,19,20). The van der Waals surface area contributed by atoms with Crippen LogP contribution in [0.15, 0.2) is 18.3 Å². The second kappa shape index (κ2) is 6.36. The first-order valence-electron chi connectivity index (χ1n) is 6.41. The Bertz CT molecular complexity index is 477. The van der Waals surface area contributed by atoms with Gasteiger partial charge >= 0.3 is 5.97 Å². The third-order valence-electron chi connectivity index (χ3n) is 2.74. The van der Waals surface area contributed by atoms with E-state index in [2.05, 4.69) is 10.3 Å². The fourth-order valence-corrected chi connectivity index (χ4v) is 1.83. The topological polar surface area (TPSA) is 105 Å². The number of nitrogens with zero attached hydrogens (tertiary/aromatic N) is 1. The molecule has 0 fully saturated rings. The van der Waals surface area contributed by atoms with Gasteiger partial charge in [-0.1, -0.05) is 20.8 Å². The van der Waals surface area contributed by atoms with Gasteiger partial charge < -0.3 is 16.2 Å². The van der Waals surface area contributed by atoms with Gasteiger partial charge in [-0.05, 0) is 24.0 Å². The first-order valence-corrected chi connectivity index (χ1v) is 6.41. The molecule has 0 aliphatic heterocycles. The summed E-state index contributed by atoms with van der Waals surface area (Å²) in [6, 6.07) is 3.08. The lowest BCUT2D eigenvalue weighted by Gasteiger charge is -2.23. The summed E-state index contributed by atoms with van der Waals surface area (Å²) in [6.45, 7) is 5.97. The van der Waals surface area contributed by atoms with E-state index >= 15 is 0 Å². The third kappa shape index (κ3) is 5.26. The van der Waals surface area contributed by atoms with Crippen molar-refractivity contribution in [1.29, 1.82) is 0 Å². The molecule has 4 N–H and O–H groups in total. The van der Waals surface area contributed by atoms with Crippen molar-refractivity contribution in [2.75, 3.05) is 12.3 Å². The summed E-state index contributed by atoms with van der Waals surface area (Å²) in [5.74, 6) is -1.93. The number of aliphatic carboxylic acids is 1. The highest BCUT2D eigenvalue weighted by Crippen LogP contribution is 2.24. The number of nitrogens with two attached hydrogens (primary N) is 1. The molecule has 0 aliphatic rings. The zero-order valence-corrected chi connectivity index (χ0v) is 12.0. The van der Waals surface area contributed by atoms with Crippen molar-refractivity contribution in [1.82, 2.24) is 10.3 Å². The average molecular weight is 279 g/mol. The normalized spacial score (nSPS) is 12.8. The quantitative estimate of drug-likeness (QED) is 0.758. The van der Waals surface area contributed by atoms with Crippen molar-refractivity contribution in [3.63, 3.8) is 0 Å². The molecule has 1 aromatic rings. The number of hydrogen-bond donors (Lipinski definition) is 3. The van der Waals surface area contributed by atoms with Crippen LogP contribution in [0.25, 0.3) is 0 Å². The summed E-state index contributed by atoms with van der Waals surface area (Å²) in [5.41, 5.74) is 6.06. The molecule has 6 nitrogen and oxygen atoms in total. The maximum absolute atomic E-state index is 11.8. The Balaban J connectivity index is 2.61. The molecule has 1 aromatic heterocycles. The van der Waals surface area contributed by atoms with E-state index in [0.29, 0.717) is 12.1 Å². The third-order valence-corrected chi connectivity index (χ3v) is 2.74. The van der Waals surface area contributed by atoms with E-state index in [9.17, 15) is 14.7 Å². The maximum Gasteiger partial charge on any atom is 0.308 e. The largest absolute Gasteiger partial charge is 0.481 e. The summed E-state index contributed by atoms with van der Waals surface area (Å²) in [5, 5.41) is 11.8. The fraction of sp³-hybridized carbons (Fsp3) is 0.500. The molecule has 1 heterocycles. The molecule has 1 rings (SSSR count). The number of anilines is 1. The Hall–Kier alpha value is -2.11. The van der Waals surface area contributed by atoms with Crippen LogP contribution in [0.5, 0.6) is 0 Å². The summed E-state index contributed by atoms with van der Waals surface area (Å²) < 4.78 is 0. The summed E-state index contributed by atoms with van der Waals surface area (Å²) in [6.07, 6.45) is 1.87. The summed E-state index contributed by atoms with van der Waals surface area (Å²) >= 11 is 0. The molecule has 0 bridgehead atoms. The van der Waals surface area contributed by atoms with E-state index in [-0.39, 0.29) is 17.7 Å². The molecule has 1 amide bonds. The molecule has 6 heteroatoms. The van der Waals surface area contributed by atoms with E-state index in [0.717, 1.165) is 0 Å². The van der Waals surface area contributed by atoms with Crippen LogP contribution < -0.4 is 11.1 Å². The molecule has 1 unspecified atom stereocenters. The van der Waals surface area contributed by atoms with Crippen LogP contribution in [0.1, 0.15) is 37.7 Å². The highest BCUT2D eigenvalue weighted by atomic mass is 16.4. The smallest absolute Gasteiger partial charge is 0.308 e. The Morgan fingerprint density at radius 2 is 2.05 bits per heavy atom. The van der Waals surface area contributed by atoms with E-state index < -0.39 is 17.8 Å². The molecule has 20 heavy (non-hydrogen) atoms. The highest BCUT2D eigenvalue weighted by Gasteiger charge is 2.25. The van der Waals surface area contributed by atoms with Crippen molar-refractivity contribution in [2.24, 2.45) is 11.3 Å². The number of nitrogens with one attached hydrogen (secondary N) is 1. The maximum atomic E-state index is 11.8. The van der Waals surface area contributed by atoms with Gasteiger partial charge in [0, 0.05) is 6.54 Å². The molecule has 0 saturated carbocycles. The van der Waals surface area contributed by atoms with E-state index in [1.807, 2.05) is 20.8 Å². The van der Waals surface area contributed by atoms with Crippen LogP contribution in [0.2, 0.25) is 0 Å². The van der Waals surface area contributed by atoms with Crippen molar-refractivity contribution in [3.8, 4) is 0 Å². The minimum atomic E-state index is -0.912. The van der Waals surface area contributed by atoms with Crippen LogP contribution >= 0.6 is 0 Å². The number of aromatic nitrogens is 1. The van der Waals surface area contributed by atoms with Crippen LogP contribution in [-0.2, 0) is 4.79 Å². The zero-order valence-electron chi connectivity index (χ0n) is 12.0. The zero-order chi connectivity index (χ0) is 15.3. The minimum Gasteiger partial charge on any atom is -0.481 e. The first kappa shape index (κ1) is 15.9. The Morgan fingerprint density at radius 1 is 1.40 bits per heavy atom. The minimum absolute atomic E-state index is 0.0808. The van der Waals surface area contributed by atoms with Crippen molar-refractivity contribution in [3.05, 3.63) is 24.0 Å². The number of carboxylic acid groups (broad SMARTS) is 1. The summed E-state index contributed by atoms with van der Waals surface area (Å²) in [7, 11) is 0. The van der Waals surface area contributed by atoms with Gasteiger partial charge in [-0.15, -0.1) is 0 Å². The fourth-order valence-electron chi connectivity index (χ4n) is 1.83. The molecule has 0 spiro atoms. The molecule has 0 radical (unpaired) electrons. The highest BCUT2D eigenvalue weighted by molar-refractivity contribution is 5.92. The van der Waals surface area contributed by atoms with E-state index in [1.165, 1.54) is 12.3 Å². The molecular weight excluding hydrogens is 258 g/mol. The van der Waals surface area contributed by atoms with Crippen LogP contribution in [-0.4, -0.2) is 28.5 Å². The van der Waals surface area contributed by atoms with Gasteiger partial charge in [-0.2, -0.15) is 0 Å². The second-order valence-electron chi connectivity index (χ2n) is 5.99. The van der Waals surface area contributed by atoms with Gasteiger partial charge in [-0.25, -0.2) is 4.98 Å². The SMILES string of the molecule is CC(C)(C)CC(CNC(=O)c1ccc(N)cn1)C(=O)O. The van der Waals surface area contributed by atoms with E-state index in [1.54, 1.807) is 6.07 Å². The molecule has 0 aliphatic carbocycles. The number of carboxylic acids is 1. The molecule has 1 atom stereocenters. The molecule has 110 valence electrons. The van der Waals surface area contributed by atoms with Gasteiger partial charge in [0.25, 0.3) is 5.91 Å². The lowest BCUT2D eigenvalue weighted by molar-refractivity contribution is -0.142. The van der Waals surface area contributed by atoms with Crippen LogP contribution in [0.3, 0.4) is 0 Å². The summed E-state index contributed by atoms with van der Waals surface area (Å²) in [4.78, 5) is 26.9. The number of rotatable bonds is 5. The predicted octanol–water partition coefficient (Wildman–Crippen LogP) is 1.53. The lowest BCUT2D eigenvalue weighted by atomic mass is 9.84. The number of carbonyl (C=O) groups is 2. The molecular formula is C14H21N3O3. The van der Waals surface area contributed by atoms with Gasteiger partial charge in [0.05, 0.1) is 17.8 Å². The monoisotopic (exact) mass is 279 g/mol. The number of pyridine rings is 1.